The van der Waals surface area contributed by atoms with Gasteiger partial charge in [0, 0.05) is 0 Å². The Bertz CT molecular complexity index is 196. The van der Waals surface area contributed by atoms with Gasteiger partial charge in [-0.25, -0.2) is 0 Å². The average molecular weight is 168 g/mol. The predicted molar refractivity (Wildman–Crippen MR) is 52.0 cm³/mol. The molecule has 12 heavy (non-hydrogen) atoms. The first kappa shape index (κ1) is 9.79. The van der Waals surface area contributed by atoms with Gasteiger partial charge in [-0.2, -0.15) is 0 Å². The molecular weight excluding hydrogens is 148 g/mol. The van der Waals surface area contributed by atoms with Crippen molar-refractivity contribution in [2.45, 2.75) is 52.6 Å². The first-order valence-electron chi connectivity index (χ1n) is 4.79. The third kappa shape index (κ3) is 2.10. The van der Waals surface area contributed by atoms with Crippen molar-refractivity contribution in [3.8, 4) is 0 Å². The third-order valence-electron chi connectivity index (χ3n) is 3.15. The lowest BCUT2D eigenvalue weighted by Gasteiger charge is -2.33. The Hall–Kier alpha value is -0.300. The van der Waals surface area contributed by atoms with Gasteiger partial charge in [0.25, 0.3) is 0 Å². The fourth-order valence-corrected chi connectivity index (χ4v) is 1.85. The Morgan fingerprint density at radius 2 is 1.83 bits per heavy atom. The zero-order chi connectivity index (χ0) is 9.35. The summed E-state index contributed by atoms with van der Waals surface area (Å²) in [5, 5.41) is 9.82. The SMILES string of the molecule is CC1=C(C)CC(C(C)(C)O)CC1. The normalized spacial score (nSPS) is 26.2. The van der Waals surface area contributed by atoms with Crippen molar-refractivity contribution in [1.82, 2.24) is 0 Å². The van der Waals surface area contributed by atoms with Gasteiger partial charge in [-0.1, -0.05) is 11.1 Å². The summed E-state index contributed by atoms with van der Waals surface area (Å²) in [5.74, 6) is 0.459. The highest BCUT2D eigenvalue weighted by atomic mass is 16.3. The van der Waals surface area contributed by atoms with E-state index in [9.17, 15) is 5.11 Å². The second-order valence-corrected chi connectivity index (χ2v) is 4.65. The van der Waals surface area contributed by atoms with Gasteiger partial charge in [-0.15, -0.1) is 0 Å². The van der Waals surface area contributed by atoms with E-state index in [1.807, 2.05) is 13.8 Å². The van der Waals surface area contributed by atoms with Crippen LogP contribution in [0.1, 0.15) is 47.0 Å². The van der Waals surface area contributed by atoms with E-state index in [1.54, 1.807) is 0 Å². The summed E-state index contributed by atoms with van der Waals surface area (Å²) in [4.78, 5) is 0. The van der Waals surface area contributed by atoms with E-state index in [-0.39, 0.29) is 0 Å². The molecule has 1 heteroatoms. The summed E-state index contributed by atoms with van der Waals surface area (Å²) >= 11 is 0. The Labute approximate surface area is 75.5 Å². The number of rotatable bonds is 1. The Morgan fingerprint density at radius 1 is 1.25 bits per heavy atom. The summed E-state index contributed by atoms with van der Waals surface area (Å²) in [5.41, 5.74) is 2.51. The van der Waals surface area contributed by atoms with E-state index < -0.39 is 5.60 Å². The Morgan fingerprint density at radius 3 is 2.25 bits per heavy atom. The van der Waals surface area contributed by atoms with Crippen LogP contribution < -0.4 is 0 Å². The van der Waals surface area contributed by atoms with Crippen LogP contribution in [-0.4, -0.2) is 10.7 Å². The Kier molecular flexibility index (Phi) is 2.62. The standard InChI is InChI=1S/C11H20O/c1-8-5-6-10(7-9(8)2)11(3,4)12/h10,12H,5-7H2,1-4H3. The van der Waals surface area contributed by atoms with Gasteiger partial charge in [0.2, 0.25) is 0 Å². The molecule has 0 fully saturated rings. The molecule has 0 saturated carbocycles. The largest absolute Gasteiger partial charge is 0.390 e. The first-order valence-corrected chi connectivity index (χ1v) is 4.79. The van der Waals surface area contributed by atoms with Crippen molar-refractivity contribution in [1.29, 1.82) is 0 Å². The van der Waals surface area contributed by atoms with Crippen LogP contribution in [0.4, 0.5) is 0 Å². The highest BCUT2D eigenvalue weighted by Gasteiger charge is 2.29. The minimum absolute atomic E-state index is 0.459. The predicted octanol–water partition coefficient (Wildman–Crippen LogP) is 2.89. The monoisotopic (exact) mass is 168 g/mol. The van der Waals surface area contributed by atoms with E-state index in [4.69, 9.17) is 0 Å². The second kappa shape index (κ2) is 3.21. The highest BCUT2D eigenvalue weighted by molar-refractivity contribution is 5.14. The molecule has 0 radical (unpaired) electrons. The van der Waals surface area contributed by atoms with E-state index in [1.165, 1.54) is 17.6 Å². The maximum absolute atomic E-state index is 9.82. The van der Waals surface area contributed by atoms with Gasteiger partial charge in [-0.05, 0) is 52.9 Å². The molecule has 0 spiro atoms. The van der Waals surface area contributed by atoms with Crippen LogP contribution in [0.2, 0.25) is 0 Å². The van der Waals surface area contributed by atoms with Crippen molar-refractivity contribution in [3.63, 3.8) is 0 Å². The molecule has 0 amide bonds. The smallest absolute Gasteiger partial charge is 0.0622 e. The molecule has 0 aromatic carbocycles. The molecule has 1 unspecified atom stereocenters. The van der Waals surface area contributed by atoms with Crippen molar-refractivity contribution in [2.24, 2.45) is 5.92 Å². The van der Waals surface area contributed by atoms with Crippen molar-refractivity contribution >= 4 is 0 Å². The minimum atomic E-state index is -0.498. The topological polar surface area (TPSA) is 20.2 Å². The van der Waals surface area contributed by atoms with Gasteiger partial charge < -0.3 is 5.11 Å². The second-order valence-electron chi connectivity index (χ2n) is 4.65. The maximum atomic E-state index is 9.82. The number of allylic oxidation sites excluding steroid dienone is 2. The fraction of sp³-hybridized carbons (Fsp3) is 0.818. The zero-order valence-electron chi connectivity index (χ0n) is 8.65. The third-order valence-corrected chi connectivity index (χ3v) is 3.15. The molecule has 0 saturated heterocycles. The van der Waals surface area contributed by atoms with Crippen LogP contribution in [0.25, 0.3) is 0 Å². The van der Waals surface area contributed by atoms with Crippen molar-refractivity contribution < 1.29 is 5.11 Å². The van der Waals surface area contributed by atoms with Gasteiger partial charge in [0.15, 0.2) is 0 Å². The van der Waals surface area contributed by atoms with E-state index >= 15 is 0 Å². The zero-order valence-corrected chi connectivity index (χ0v) is 8.65. The molecule has 1 aliphatic carbocycles. The van der Waals surface area contributed by atoms with E-state index in [0.29, 0.717) is 5.92 Å². The van der Waals surface area contributed by atoms with Gasteiger partial charge >= 0.3 is 0 Å². The minimum Gasteiger partial charge on any atom is -0.390 e. The summed E-state index contributed by atoms with van der Waals surface area (Å²) in [6, 6.07) is 0. The van der Waals surface area contributed by atoms with E-state index in [0.717, 1.165) is 12.8 Å². The molecular formula is C11H20O. The molecule has 1 nitrogen and oxygen atoms in total. The van der Waals surface area contributed by atoms with Gasteiger partial charge in [0.05, 0.1) is 5.60 Å². The lowest BCUT2D eigenvalue weighted by atomic mass is 9.77. The van der Waals surface area contributed by atoms with Crippen LogP contribution in [0.15, 0.2) is 11.1 Å². The molecule has 0 aromatic rings. The first-order chi connectivity index (χ1) is 5.41. The summed E-state index contributed by atoms with van der Waals surface area (Å²) in [6.45, 7) is 8.24. The highest BCUT2D eigenvalue weighted by Crippen LogP contribution is 2.35. The quantitative estimate of drug-likeness (QED) is 0.597. The number of hydrogen-bond donors (Lipinski definition) is 1. The molecule has 0 heterocycles. The number of hydrogen-bond acceptors (Lipinski definition) is 1. The van der Waals surface area contributed by atoms with Gasteiger partial charge in [0.1, 0.15) is 0 Å². The molecule has 70 valence electrons. The molecule has 1 rings (SSSR count). The Balaban J connectivity index is 2.67. The molecule has 1 N–H and O–H groups in total. The molecule has 0 aromatic heterocycles. The molecule has 1 atom stereocenters. The van der Waals surface area contributed by atoms with E-state index in [2.05, 4.69) is 13.8 Å². The van der Waals surface area contributed by atoms with Crippen LogP contribution in [-0.2, 0) is 0 Å². The van der Waals surface area contributed by atoms with Gasteiger partial charge in [-0.3, -0.25) is 0 Å². The summed E-state index contributed by atoms with van der Waals surface area (Å²) in [7, 11) is 0. The van der Waals surface area contributed by atoms with Crippen LogP contribution in [0.5, 0.6) is 0 Å². The fourth-order valence-electron chi connectivity index (χ4n) is 1.85. The lowest BCUT2D eigenvalue weighted by Crippen LogP contribution is -2.32. The number of aliphatic hydroxyl groups is 1. The average Bonchev–Trinajstić information content (AvgIpc) is 1.92. The molecule has 0 aliphatic heterocycles. The maximum Gasteiger partial charge on any atom is 0.0622 e. The molecule has 0 bridgehead atoms. The van der Waals surface area contributed by atoms with Crippen LogP contribution in [0.3, 0.4) is 0 Å². The lowest BCUT2D eigenvalue weighted by molar-refractivity contribution is 0.0111. The summed E-state index contributed by atoms with van der Waals surface area (Å²) in [6.07, 6.45) is 3.39. The van der Waals surface area contributed by atoms with Crippen LogP contribution >= 0.6 is 0 Å². The van der Waals surface area contributed by atoms with Crippen molar-refractivity contribution in [2.75, 3.05) is 0 Å². The molecule has 1 aliphatic rings. The summed E-state index contributed by atoms with van der Waals surface area (Å²) < 4.78 is 0. The van der Waals surface area contributed by atoms with Crippen molar-refractivity contribution in [3.05, 3.63) is 11.1 Å². The van der Waals surface area contributed by atoms with Crippen LogP contribution in [0, 0.1) is 5.92 Å².